The van der Waals surface area contributed by atoms with Crippen LogP contribution >= 0.6 is 0 Å². The Morgan fingerprint density at radius 3 is 2.41 bits per heavy atom. The van der Waals surface area contributed by atoms with Gasteiger partial charge in [0.1, 0.15) is 6.29 Å². The van der Waals surface area contributed by atoms with Crippen LogP contribution in [0.25, 0.3) is 0 Å². The number of hydrogen-bond acceptors (Lipinski definition) is 3. The molecule has 1 atom stereocenters. The molecule has 0 saturated carbocycles. The fourth-order valence-electron chi connectivity index (χ4n) is 1.58. The summed E-state index contributed by atoms with van der Waals surface area (Å²) < 4.78 is 4.90. The van der Waals surface area contributed by atoms with Crippen LogP contribution in [0.3, 0.4) is 0 Å². The molecule has 0 fully saturated rings. The highest BCUT2D eigenvalue weighted by Gasteiger charge is 2.08. The minimum absolute atomic E-state index is 0.0587. The van der Waals surface area contributed by atoms with Crippen molar-refractivity contribution in [3.8, 4) is 0 Å². The molecule has 0 aliphatic rings. The van der Waals surface area contributed by atoms with E-state index in [1.807, 2.05) is 19.1 Å². The van der Waals surface area contributed by atoms with Crippen molar-refractivity contribution in [2.75, 3.05) is 6.61 Å². The second-order valence-electron chi connectivity index (χ2n) is 3.93. The molecule has 1 rings (SSSR count). The van der Waals surface area contributed by atoms with Gasteiger partial charge in [0, 0.05) is 5.92 Å². The van der Waals surface area contributed by atoms with E-state index in [-0.39, 0.29) is 11.9 Å². The summed E-state index contributed by atoms with van der Waals surface area (Å²) in [7, 11) is 0. The fourth-order valence-corrected chi connectivity index (χ4v) is 1.58. The molecule has 0 bridgehead atoms. The van der Waals surface area contributed by atoms with Gasteiger partial charge in [-0.1, -0.05) is 19.1 Å². The van der Waals surface area contributed by atoms with Crippen molar-refractivity contribution in [3.05, 3.63) is 35.4 Å². The summed E-state index contributed by atoms with van der Waals surface area (Å²) >= 11 is 0. The third-order valence-corrected chi connectivity index (χ3v) is 2.68. The molecule has 0 spiro atoms. The summed E-state index contributed by atoms with van der Waals surface area (Å²) in [5, 5.41) is 0. The van der Waals surface area contributed by atoms with Crippen molar-refractivity contribution in [2.24, 2.45) is 5.92 Å². The molecule has 92 valence electrons. The van der Waals surface area contributed by atoms with E-state index < -0.39 is 0 Å². The highest BCUT2D eigenvalue weighted by atomic mass is 16.5. The highest BCUT2D eigenvalue weighted by molar-refractivity contribution is 5.89. The van der Waals surface area contributed by atoms with E-state index in [9.17, 15) is 9.59 Å². The summed E-state index contributed by atoms with van der Waals surface area (Å²) in [6.45, 7) is 4.15. The number of aldehydes is 1. The fraction of sp³-hybridized carbons (Fsp3) is 0.429. The van der Waals surface area contributed by atoms with Gasteiger partial charge in [-0.25, -0.2) is 4.79 Å². The zero-order chi connectivity index (χ0) is 12.7. The maximum absolute atomic E-state index is 11.4. The molecule has 0 aliphatic carbocycles. The van der Waals surface area contributed by atoms with Gasteiger partial charge >= 0.3 is 5.97 Å². The zero-order valence-corrected chi connectivity index (χ0v) is 10.3. The summed E-state index contributed by atoms with van der Waals surface area (Å²) in [6, 6.07) is 7.23. The molecule has 17 heavy (non-hydrogen) atoms. The van der Waals surface area contributed by atoms with Crippen LogP contribution in [0.2, 0.25) is 0 Å². The van der Waals surface area contributed by atoms with Gasteiger partial charge in [-0.05, 0) is 37.5 Å². The van der Waals surface area contributed by atoms with Crippen LogP contribution in [0.5, 0.6) is 0 Å². The lowest BCUT2D eigenvalue weighted by Crippen LogP contribution is -2.06. The first-order chi connectivity index (χ1) is 8.21. The lowest BCUT2D eigenvalue weighted by atomic mass is 9.98. The second-order valence-corrected chi connectivity index (χ2v) is 3.93. The minimum atomic E-state index is -0.304. The van der Waals surface area contributed by atoms with E-state index in [0.717, 1.165) is 24.7 Å². The first-order valence-electron chi connectivity index (χ1n) is 5.92. The number of carbonyl (C=O) groups is 2. The number of esters is 1. The Balaban J connectivity index is 2.67. The lowest BCUT2D eigenvalue weighted by molar-refractivity contribution is -0.111. The van der Waals surface area contributed by atoms with Gasteiger partial charge in [-0.2, -0.15) is 0 Å². The third-order valence-electron chi connectivity index (χ3n) is 2.68. The van der Waals surface area contributed by atoms with E-state index in [4.69, 9.17) is 4.74 Å². The average molecular weight is 234 g/mol. The SMILES string of the molecule is CCOC(=O)c1ccc(C[C@@H](C=O)CC)cc1. The maximum Gasteiger partial charge on any atom is 0.338 e. The molecular formula is C14H18O3. The number of ether oxygens (including phenoxy) is 1. The Hall–Kier alpha value is -1.64. The molecule has 0 aromatic heterocycles. The van der Waals surface area contributed by atoms with Crippen LogP contribution in [0, 0.1) is 5.92 Å². The van der Waals surface area contributed by atoms with E-state index in [0.29, 0.717) is 12.2 Å². The summed E-state index contributed by atoms with van der Waals surface area (Å²) in [5.41, 5.74) is 1.62. The Kier molecular flexibility index (Phi) is 5.40. The first-order valence-corrected chi connectivity index (χ1v) is 5.92. The normalized spacial score (nSPS) is 11.9. The molecule has 0 aliphatic heterocycles. The van der Waals surface area contributed by atoms with Crippen molar-refractivity contribution in [1.29, 1.82) is 0 Å². The van der Waals surface area contributed by atoms with Crippen LogP contribution in [-0.4, -0.2) is 18.9 Å². The van der Waals surface area contributed by atoms with Crippen LogP contribution in [0.4, 0.5) is 0 Å². The van der Waals surface area contributed by atoms with Crippen molar-refractivity contribution in [2.45, 2.75) is 26.7 Å². The summed E-state index contributed by atoms with van der Waals surface area (Å²) in [6.07, 6.45) is 2.55. The van der Waals surface area contributed by atoms with Gasteiger partial charge in [-0.15, -0.1) is 0 Å². The van der Waals surface area contributed by atoms with Gasteiger partial charge in [0.15, 0.2) is 0 Å². The predicted molar refractivity (Wildman–Crippen MR) is 65.9 cm³/mol. The molecule has 1 aromatic carbocycles. The Bertz CT molecular complexity index is 368. The molecule has 0 heterocycles. The molecule has 1 aromatic rings. The van der Waals surface area contributed by atoms with E-state index in [2.05, 4.69) is 0 Å². The monoisotopic (exact) mass is 234 g/mol. The van der Waals surface area contributed by atoms with Crippen molar-refractivity contribution in [3.63, 3.8) is 0 Å². The van der Waals surface area contributed by atoms with Gasteiger partial charge < -0.3 is 9.53 Å². The second kappa shape index (κ2) is 6.84. The number of carbonyl (C=O) groups excluding carboxylic acids is 2. The van der Waals surface area contributed by atoms with Gasteiger partial charge in [0.05, 0.1) is 12.2 Å². The van der Waals surface area contributed by atoms with Gasteiger partial charge in [0.25, 0.3) is 0 Å². The molecule has 0 saturated heterocycles. The maximum atomic E-state index is 11.4. The number of benzene rings is 1. The van der Waals surface area contributed by atoms with Gasteiger partial charge in [-0.3, -0.25) is 0 Å². The Morgan fingerprint density at radius 2 is 1.94 bits per heavy atom. The first kappa shape index (κ1) is 13.4. The minimum Gasteiger partial charge on any atom is -0.462 e. The zero-order valence-electron chi connectivity index (χ0n) is 10.3. The molecular weight excluding hydrogens is 216 g/mol. The summed E-state index contributed by atoms with van der Waals surface area (Å²) in [5.74, 6) is -0.245. The topological polar surface area (TPSA) is 43.4 Å². The van der Waals surface area contributed by atoms with Gasteiger partial charge in [0.2, 0.25) is 0 Å². The average Bonchev–Trinajstić information content (AvgIpc) is 2.37. The highest BCUT2D eigenvalue weighted by Crippen LogP contribution is 2.12. The molecule has 3 nitrogen and oxygen atoms in total. The predicted octanol–water partition coefficient (Wildman–Crippen LogP) is 2.63. The smallest absolute Gasteiger partial charge is 0.338 e. The molecule has 0 N–H and O–H groups in total. The van der Waals surface area contributed by atoms with Crippen LogP contribution in [0.15, 0.2) is 24.3 Å². The third kappa shape index (κ3) is 4.02. The number of rotatable bonds is 6. The van der Waals surface area contributed by atoms with Crippen molar-refractivity contribution >= 4 is 12.3 Å². The van der Waals surface area contributed by atoms with E-state index in [1.165, 1.54) is 0 Å². The lowest BCUT2D eigenvalue weighted by Gasteiger charge is -2.07. The van der Waals surface area contributed by atoms with Crippen molar-refractivity contribution < 1.29 is 14.3 Å². The molecule has 0 amide bonds. The van der Waals surface area contributed by atoms with Crippen LogP contribution in [0.1, 0.15) is 36.2 Å². The van der Waals surface area contributed by atoms with E-state index in [1.54, 1.807) is 19.1 Å². The Labute approximate surface area is 102 Å². The van der Waals surface area contributed by atoms with Crippen LogP contribution in [-0.2, 0) is 16.0 Å². The molecule has 3 heteroatoms. The van der Waals surface area contributed by atoms with Crippen LogP contribution < -0.4 is 0 Å². The summed E-state index contributed by atoms with van der Waals surface area (Å²) in [4.78, 5) is 22.1. The standard InChI is InChI=1S/C14H18O3/c1-3-11(10-15)9-12-5-7-13(8-6-12)14(16)17-4-2/h5-8,10-11H,3-4,9H2,1-2H3/t11-/m0/s1. The van der Waals surface area contributed by atoms with E-state index >= 15 is 0 Å². The molecule has 0 unspecified atom stereocenters. The quantitative estimate of drug-likeness (QED) is 0.561. The Morgan fingerprint density at radius 1 is 1.29 bits per heavy atom. The number of hydrogen-bond donors (Lipinski definition) is 0. The van der Waals surface area contributed by atoms with Crippen molar-refractivity contribution in [1.82, 2.24) is 0 Å². The molecule has 0 radical (unpaired) electrons. The largest absolute Gasteiger partial charge is 0.462 e.